The number of hydrogen-bond acceptors (Lipinski definition) is 0. The highest BCUT2D eigenvalue weighted by Crippen LogP contribution is 2.26. The smallest absolute Gasteiger partial charge is 0.201 e. The van der Waals surface area contributed by atoms with Gasteiger partial charge in [0.2, 0.25) is 17.1 Å². The summed E-state index contributed by atoms with van der Waals surface area (Å²) in [5, 5.41) is 0. The van der Waals surface area contributed by atoms with Crippen LogP contribution in [0.2, 0.25) is 0 Å². The summed E-state index contributed by atoms with van der Waals surface area (Å²) in [6, 6.07) is 25.7. The Morgan fingerprint density at radius 2 is 0.891 bits per heavy atom. The number of rotatable bonds is 7. The lowest BCUT2D eigenvalue weighted by Crippen LogP contribution is -2.31. The number of hydrogen-bond donors (Lipinski definition) is 0. The van der Waals surface area contributed by atoms with Crippen LogP contribution in [0.4, 0.5) is 0 Å². The standard InChI is InChI=1S/C19H26N.C17H22N.C16H20N/c1-13(2)16-7-9-18(15(5)11-16)19-10-8-17(14(3)4)12-20(19)6;1-12(2)15-7-9-17(18(5)11-15)16-8-6-13(3)10-14(16)4;1-5-14-7-9-16(17(4)11-14)15-8-6-12(2)10-13(15)3/h7-14H,1-6H3;6-12H,1-5H3;6-11H,5H2,1-4H3/q3*+1/i1D3,3D3,13D,14D;1D3,3D3,12D;2D3,5D2. The largest absolute Gasteiger partial charge is 0.212 e. The lowest BCUT2D eigenvalue weighted by molar-refractivity contribution is -0.661. The molecule has 3 aromatic heterocycles. The van der Waals surface area contributed by atoms with Crippen molar-refractivity contribution in [3.05, 3.63) is 160 Å². The molecule has 0 aliphatic carbocycles. The molecule has 0 aliphatic heterocycles. The van der Waals surface area contributed by atoms with Gasteiger partial charge in [0.15, 0.2) is 18.6 Å². The van der Waals surface area contributed by atoms with Crippen LogP contribution in [0.5, 0.6) is 0 Å². The van der Waals surface area contributed by atoms with Crippen LogP contribution < -0.4 is 13.7 Å². The lowest BCUT2D eigenvalue weighted by Gasteiger charge is -2.11. The van der Waals surface area contributed by atoms with Gasteiger partial charge in [-0.05, 0) is 117 Å². The van der Waals surface area contributed by atoms with Gasteiger partial charge in [-0.1, -0.05) is 95.8 Å². The second-order valence-corrected chi connectivity index (χ2v) is 14.0. The number of benzene rings is 3. The van der Waals surface area contributed by atoms with Gasteiger partial charge in [0.05, 0.1) is 0 Å². The molecular weight excluding hydrogens is 667 g/mol. The average Bonchev–Trinajstić information content (AvgIpc) is 3.25. The minimum absolute atomic E-state index is 0.286. The molecule has 0 amide bonds. The van der Waals surface area contributed by atoms with Gasteiger partial charge >= 0.3 is 0 Å². The summed E-state index contributed by atoms with van der Waals surface area (Å²) in [6.45, 7) is -0.342. The minimum Gasteiger partial charge on any atom is -0.201 e. The fourth-order valence-electron chi connectivity index (χ4n) is 6.34. The maximum atomic E-state index is 8.25. The van der Waals surface area contributed by atoms with E-state index in [0.717, 1.165) is 50.5 Å². The van der Waals surface area contributed by atoms with E-state index in [1.807, 2.05) is 44.5 Å². The molecule has 0 bridgehead atoms. The van der Waals surface area contributed by atoms with E-state index in [4.69, 9.17) is 27.4 Å². The molecule has 6 aromatic rings. The van der Waals surface area contributed by atoms with Crippen molar-refractivity contribution in [2.75, 3.05) is 0 Å². The molecule has 0 saturated heterocycles. The number of aryl methyl sites for hydroxylation is 9. The third kappa shape index (κ3) is 11.1. The highest BCUT2D eigenvalue weighted by atomic mass is 14.9. The summed E-state index contributed by atoms with van der Waals surface area (Å²) in [6.07, 6.45) is 3.66. The third-order valence-corrected chi connectivity index (χ3v) is 9.50. The van der Waals surface area contributed by atoms with Gasteiger partial charge in [0.25, 0.3) is 0 Å². The molecule has 3 nitrogen and oxygen atoms in total. The highest BCUT2D eigenvalue weighted by molar-refractivity contribution is 5.63. The summed E-state index contributed by atoms with van der Waals surface area (Å²) >= 11 is 0. The van der Waals surface area contributed by atoms with Crippen molar-refractivity contribution >= 4 is 0 Å². The van der Waals surface area contributed by atoms with Gasteiger partial charge in [-0.2, -0.15) is 0 Å². The van der Waals surface area contributed by atoms with Gasteiger partial charge in [-0.3, -0.25) is 0 Å². The first-order valence-electron chi connectivity index (χ1n) is 28.1. The molecule has 6 rings (SSSR count). The first-order chi connectivity index (χ1) is 33.7. The van der Waals surface area contributed by atoms with Crippen LogP contribution in [0.15, 0.2) is 110 Å². The normalized spacial score (nSPS) is 21.0. The van der Waals surface area contributed by atoms with E-state index >= 15 is 0 Å². The second-order valence-electron chi connectivity index (χ2n) is 14.0. The van der Waals surface area contributed by atoms with Crippen LogP contribution in [0, 0.1) is 34.5 Å². The molecule has 55 heavy (non-hydrogen) atoms. The van der Waals surface area contributed by atoms with Gasteiger partial charge in [-0.25, -0.2) is 13.7 Å². The zero-order chi connectivity index (χ0) is 57.6. The molecule has 3 heteroatoms. The van der Waals surface area contributed by atoms with E-state index in [1.54, 1.807) is 121 Å². The van der Waals surface area contributed by atoms with Gasteiger partial charge < -0.3 is 0 Å². The van der Waals surface area contributed by atoms with Crippen molar-refractivity contribution in [1.29, 1.82) is 0 Å². The first-order valence-corrected chi connectivity index (χ1v) is 18.1. The zero-order valence-electron chi connectivity index (χ0n) is 53.7. The van der Waals surface area contributed by atoms with Crippen molar-refractivity contribution in [2.24, 2.45) is 21.1 Å². The predicted octanol–water partition coefficient (Wildman–Crippen LogP) is 12.0. The Bertz CT molecular complexity index is 2870. The van der Waals surface area contributed by atoms with Crippen LogP contribution in [0.1, 0.15) is 143 Å². The highest BCUT2D eigenvalue weighted by Gasteiger charge is 2.17. The Morgan fingerprint density at radius 3 is 1.25 bits per heavy atom. The minimum atomic E-state index is -2.45. The second kappa shape index (κ2) is 19.1. The van der Waals surface area contributed by atoms with E-state index in [0.29, 0.717) is 27.8 Å². The molecule has 0 aliphatic rings. The van der Waals surface area contributed by atoms with E-state index in [9.17, 15) is 0 Å². The Balaban J connectivity index is 0.000000245. The number of pyridine rings is 3. The van der Waals surface area contributed by atoms with Crippen molar-refractivity contribution in [2.45, 2.75) is 107 Å². The number of aromatic nitrogens is 3. The van der Waals surface area contributed by atoms with E-state index in [-0.39, 0.29) is 5.56 Å². The predicted molar refractivity (Wildman–Crippen MR) is 234 cm³/mol. The van der Waals surface area contributed by atoms with Crippen LogP contribution in [-0.4, -0.2) is 0 Å². The van der Waals surface area contributed by atoms with E-state index in [2.05, 4.69) is 0 Å². The first kappa shape index (κ1) is 22.6. The molecule has 0 spiro atoms. The van der Waals surface area contributed by atoms with Crippen LogP contribution in [0.25, 0.3) is 33.8 Å². The molecule has 0 N–H and O–H groups in total. The van der Waals surface area contributed by atoms with Crippen LogP contribution in [-0.2, 0) is 27.5 Å². The molecule has 0 fully saturated rings. The Labute approximate surface area is 362 Å². The van der Waals surface area contributed by atoms with Crippen molar-refractivity contribution in [3.63, 3.8) is 0 Å². The lowest BCUT2D eigenvalue weighted by atomic mass is 9.95. The van der Waals surface area contributed by atoms with Gasteiger partial charge in [0, 0.05) is 79.0 Å². The van der Waals surface area contributed by atoms with E-state index < -0.39 is 58.3 Å². The molecule has 0 saturated carbocycles. The summed E-state index contributed by atoms with van der Waals surface area (Å²) in [4.78, 5) is 0. The topological polar surface area (TPSA) is 11.6 Å². The fourth-order valence-corrected chi connectivity index (χ4v) is 6.34. The monoisotopic (exact) mass is 755 g/mol. The molecular formula is C52H68N3+3. The summed E-state index contributed by atoms with van der Waals surface area (Å²) in [7, 11) is 5.42. The summed E-state index contributed by atoms with van der Waals surface area (Å²) < 4.78 is 159. The molecule has 288 valence electrons. The van der Waals surface area contributed by atoms with Crippen molar-refractivity contribution in [1.82, 2.24) is 0 Å². The zero-order valence-corrected chi connectivity index (χ0v) is 33.7. The maximum Gasteiger partial charge on any atom is 0.212 e. The van der Waals surface area contributed by atoms with Crippen LogP contribution >= 0.6 is 0 Å². The van der Waals surface area contributed by atoms with Gasteiger partial charge in [0.1, 0.15) is 21.1 Å². The Kier molecular flexibility index (Phi) is 7.86. The Hall–Kier alpha value is -4.89. The van der Waals surface area contributed by atoms with Crippen molar-refractivity contribution in [3.8, 4) is 33.8 Å². The maximum absolute atomic E-state index is 8.25. The SMILES string of the molecule is [2H]C([2H])([2H])C([2H])(C)c1ccc(-c2ccc(C([2H])(C)C([2H])([2H])[2H])c[n+]2C)c(C)c1.[2H]C([2H])([2H])c1ccc(-c2ccc(C([2H])(C)C([2H])([2H])[2H])c[n+]2C)c(C)c1.[2H]C([2H])([2H])c1ccc(-c2ccc(C([2H])([2H])C)c[n+]2C)c(C)c1. The number of nitrogens with zero attached hydrogens (tertiary/aromatic N) is 3. The molecule has 3 unspecified atom stereocenters. The Morgan fingerprint density at radius 1 is 0.509 bits per heavy atom. The molecule has 3 atom stereocenters. The quantitative estimate of drug-likeness (QED) is 0.144. The van der Waals surface area contributed by atoms with Crippen LogP contribution in [0.3, 0.4) is 0 Å². The molecule has 3 heterocycles. The summed E-state index contributed by atoms with van der Waals surface area (Å²) in [5.41, 5.74) is 10.1. The molecule has 0 radical (unpaired) electrons. The third-order valence-electron chi connectivity index (χ3n) is 9.50. The average molecular weight is 755 g/mol. The van der Waals surface area contributed by atoms with E-state index in [1.165, 1.54) is 27.7 Å². The fraction of sp³-hybridized carbons (Fsp3) is 0.365. The van der Waals surface area contributed by atoms with Gasteiger partial charge in [-0.15, -0.1) is 0 Å². The molecule has 3 aromatic carbocycles. The van der Waals surface area contributed by atoms with Crippen molar-refractivity contribution < 1.29 is 41.1 Å². The summed E-state index contributed by atoms with van der Waals surface area (Å²) in [5.74, 6) is -5.15.